The van der Waals surface area contributed by atoms with Crippen LogP contribution in [0.4, 0.5) is 5.69 Å². The summed E-state index contributed by atoms with van der Waals surface area (Å²) >= 11 is 3.55. The van der Waals surface area contributed by atoms with Gasteiger partial charge in [-0.2, -0.15) is 0 Å². The van der Waals surface area contributed by atoms with Gasteiger partial charge in [0.2, 0.25) is 0 Å². The highest BCUT2D eigenvalue weighted by Gasteiger charge is 2.19. The van der Waals surface area contributed by atoms with Gasteiger partial charge >= 0.3 is 0 Å². The molecule has 2 aromatic rings. The first-order valence-corrected chi connectivity index (χ1v) is 8.13. The molecular weight excluding hydrogens is 326 g/mol. The normalized spacial score (nSPS) is 17.2. The fourth-order valence-corrected chi connectivity index (χ4v) is 3.31. The van der Waals surface area contributed by atoms with Crippen molar-refractivity contribution in [2.75, 3.05) is 12.4 Å². The van der Waals surface area contributed by atoms with E-state index in [-0.39, 0.29) is 0 Å². The van der Waals surface area contributed by atoms with E-state index in [0.29, 0.717) is 6.04 Å². The fourth-order valence-electron chi connectivity index (χ4n) is 2.95. The van der Waals surface area contributed by atoms with Crippen molar-refractivity contribution in [3.8, 4) is 5.75 Å². The molecule has 1 atom stereocenters. The maximum Gasteiger partial charge on any atom is 0.119 e. The van der Waals surface area contributed by atoms with E-state index < -0.39 is 0 Å². The van der Waals surface area contributed by atoms with Crippen molar-refractivity contribution < 1.29 is 4.74 Å². The second-order valence-corrected chi connectivity index (χ2v) is 6.59. The molecule has 1 unspecified atom stereocenters. The van der Waals surface area contributed by atoms with E-state index in [9.17, 15) is 0 Å². The molecule has 3 heteroatoms. The molecule has 2 aromatic carbocycles. The van der Waals surface area contributed by atoms with Gasteiger partial charge in [0.05, 0.1) is 7.11 Å². The van der Waals surface area contributed by atoms with E-state index in [2.05, 4.69) is 64.6 Å². The number of anilines is 1. The zero-order valence-corrected chi connectivity index (χ0v) is 14.0. The Morgan fingerprint density at radius 2 is 2.00 bits per heavy atom. The van der Waals surface area contributed by atoms with Crippen LogP contribution in [0.2, 0.25) is 0 Å². The molecule has 0 aliphatic heterocycles. The van der Waals surface area contributed by atoms with Gasteiger partial charge < -0.3 is 10.1 Å². The number of nitrogens with one attached hydrogen (secondary N) is 1. The van der Waals surface area contributed by atoms with Gasteiger partial charge in [0.1, 0.15) is 5.75 Å². The lowest BCUT2D eigenvalue weighted by Crippen LogP contribution is -2.27. The Balaban J connectivity index is 1.78. The number of benzene rings is 2. The molecule has 0 amide bonds. The van der Waals surface area contributed by atoms with Crippen molar-refractivity contribution in [2.24, 2.45) is 0 Å². The smallest absolute Gasteiger partial charge is 0.119 e. The lowest BCUT2D eigenvalue weighted by molar-refractivity contribution is 0.413. The summed E-state index contributed by atoms with van der Waals surface area (Å²) < 4.78 is 6.46. The van der Waals surface area contributed by atoms with Crippen molar-refractivity contribution in [3.63, 3.8) is 0 Å². The Morgan fingerprint density at radius 1 is 1.14 bits per heavy atom. The van der Waals surface area contributed by atoms with Gasteiger partial charge in [-0.3, -0.25) is 0 Å². The van der Waals surface area contributed by atoms with Crippen molar-refractivity contribution in [1.82, 2.24) is 0 Å². The molecule has 1 N–H and O–H groups in total. The van der Waals surface area contributed by atoms with E-state index >= 15 is 0 Å². The Labute approximate surface area is 134 Å². The molecule has 1 aliphatic rings. The number of methoxy groups -OCH3 is 1. The number of hydrogen-bond donors (Lipinski definition) is 1. The third kappa shape index (κ3) is 3.24. The second-order valence-electron chi connectivity index (χ2n) is 5.68. The topological polar surface area (TPSA) is 21.3 Å². The molecule has 0 saturated heterocycles. The van der Waals surface area contributed by atoms with Crippen LogP contribution < -0.4 is 10.1 Å². The van der Waals surface area contributed by atoms with Crippen LogP contribution in [0.3, 0.4) is 0 Å². The molecule has 0 fully saturated rings. The lowest BCUT2D eigenvalue weighted by Gasteiger charge is -2.27. The minimum absolute atomic E-state index is 0.484. The summed E-state index contributed by atoms with van der Waals surface area (Å²) in [5, 5.41) is 3.70. The molecule has 3 rings (SSSR count). The van der Waals surface area contributed by atoms with Crippen LogP contribution in [0.5, 0.6) is 5.75 Å². The molecule has 0 bridgehead atoms. The summed E-state index contributed by atoms with van der Waals surface area (Å²) in [7, 11) is 1.73. The molecule has 1 aliphatic carbocycles. The maximum absolute atomic E-state index is 5.34. The van der Waals surface area contributed by atoms with E-state index in [1.54, 1.807) is 7.11 Å². The van der Waals surface area contributed by atoms with E-state index in [1.807, 2.05) is 0 Å². The van der Waals surface area contributed by atoms with Gasteiger partial charge in [-0.05, 0) is 67.1 Å². The lowest BCUT2D eigenvalue weighted by atomic mass is 9.88. The van der Waals surface area contributed by atoms with Crippen molar-refractivity contribution in [1.29, 1.82) is 0 Å². The zero-order valence-electron chi connectivity index (χ0n) is 12.4. The van der Waals surface area contributed by atoms with Crippen LogP contribution in [0.15, 0.2) is 40.9 Å². The Morgan fingerprint density at radius 3 is 2.81 bits per heavy atom. The highest BCUT2D eigenvalue weighted by atomic mass is 79.9. The fraction of sp³-hybridized carbons (Fsp3) is 0.333. The molecule has 0 spiro atoms. The average Bonchev–Trinajstić information content (AvgIpc) is 2.50. The van der Waals surface area contributed by atoms with Gasteiger partial charge in [-0.1, -0.05) is 28.1 Å². The van der Waals surface area contributed by atoms with Crippen LogP contribution in [0.1, 0.15) is 23.1 Å². The summed E-state index contributed by atoms with van der Waals surface area (Å²) in [5.74, 6) is 0.952. The quantitative estimate of drug-likeness (QED) is 0.867. The van der Waals surface area contributed by atoms with Gasteiger partial charge in [0.25, 0.3) is 0 Å². The van der Waals surface area contributed by atoms with E-state index in [0.717, 1.165) is 23.1 Å². The van der Waals surface area contributed by atoms with Crippen LogP contribution in [0, 0.1) is 6.92 Å². The van der Waals surface area contributed by atoms with Crippen LogP contribution in [0.25, 0.3) is 0 Å². The summed E-state index contributed by atoms with van der Waals surface area (Å²) in [4.78, 5) is 0. The number of rotatable bonds is 3. The Kier molecular flexibility index (Phi) is 4.20. The average molecular weight is 346 g/mol. The molecule has 0 radical (unpaired) electrons. The van der Waals surface area contributed by atoms with E-state index in [4.69, 9.17) is 4.74 Å². The molecule has 21 heavy (non-hydrogen) atoms. The van der Waals surface area contributed by atoms with Gasteiger partial charge in [-0.25, -0.2) is 0 Å². The van der Waals surface area contributed by atoms with Gasteiger partial charge in [0.15, 0.2) is 0 Å². The molecule has 0 heterocycles. The minimum Gasteiger partial charge on any atom is -0.497 e. The predicted octanol–water partition coefficient (Wildman–Crippen LogP) is 4.74. The molecule has 2 nitrogen and oxygen atoms in total. The highest BCUT2D eigenvalue weighted by molar-refractivity contribution is 9.10. The largest absolute Gasteiger partial charge is 0.497 e. The van der Waals surface area contributed by atoms with Crippen molar-refractivity contribution >= 4 is 21.6 Å². The van der Waals surface area contributed by atoms with Gasteiger partial charge in [0, 0.05) is 16.2 Å². The summed E-state index contributed by atoms with van der Waals surface area (Å²) in [6.07, 6.45) is 3.35. The number of halogens is 1. The standard InChI is InChI=1S/C18H20BrNO/c1-12-3-6-15(19)11-18(12)20-16-7-4-13-5-8-17(21-2)10-14(13)9-16/h3,5-6,8,10-11,16,20H,4,7,9H2,1-2H3. The number of fused-ring (bicyclic) bond motifs is 1. The molecule has 0 saturated carbocycles. The van der Waals surface area contributed by atoms with Crippen molar-refractivity contribution in [3.05, 3.63) is 57.6 Å². The first-order valence-electron chi connectivity index (χ1n) is 7.34. The summed E-state index contributed by atoms with van der Waals surface area (Å²) in [6.45, 7) is 2.15. The third-order valence-electron chi connectivity index (χ3n) is 4.20. The second kappa shape index (κ2) is 6.10. The number of ether oxygens (including phenoxy) is 1. The SMILES string of the molecule is COc1ccc2c(c1)CC(Nc1cc(Br)ccc1C)CC2. The maximum atomic E-state index is 5.34. The third-order valence-corrected chi connectivity index (χ3v) is 4.69. The molecule has 110 valence electrons. The highest BCUT2D eigenvalue weighted by Crippen LogP contribution is 2.28. The van der Waals surface area contributed by atoms with Gasteiger partial charge in [-0.15, -0.1) is 0 Å². The monoisotopic (exact) mass is 345 g/mol. The first kappa shape index (κ1) is 14.5. The van der Waals surface area contributed by atoms with Crippen LogP contribution in [-0.2, 0) is 12.8 Å². The molecule has 0 aromatic heterocycles. The zero-order chi connectivity index (χ0) is 14.8. The van der Waals surface area contributed by atoms with Crippen LogP contribution >= 0.6 is 15.9 Å². The Bertz CT molecular complexity index is 654. The number of aryl methyl sites for hydroxylation is 2. The molecular formula is C18H20BrNO. The first-order chi connectivity index (χ1) is 10.2. The summed E-state index contributed by atoms with van der Waals surface area (Å²) in [5.41, 5.74) is 5.38. The number of hydrogen-bond acceptors (Lipinski definition) is 2. The minimum atomic E-state index is 0.484. The summed E-state index contributed by atoms with van der Waals surface area (Å²) in [6, 6.07) is 13.3. The van der Waals surface area contributed by atoms with E-state index in [1.165, 1.54) is 28.8 Å². The Hall–Kier alpha value is -1.48. The van der Waals surface area contributed by atoms with Crippen molar-refractivity contribution in [2.45, 2.75) is 32.2 Å². The van der Waals surface area contributed by atoms with Crippen LogP contribution in [-0.4, -0.2) is 13.2 Å². The predicted molar refractivity (Wildman–Crippen MR) is 91.3 cm³/mol.